The number of rotatable bonds is 13. The first-order valence-corrected chi connectivity index (χ1v) is 9.40. The van der Waals surface area contributed by atoms with Crippen molar-refractivity contribution < 1.29 is 39.3 Å². The zero-order valence-electron chi connectivity index (χ0n) is 16.1. The van der Waals surface area contributed by atoms with Crippen LogP contribution in [0.3, 0.4) is 0 Å². The zero-order valence-corrected chi connectivity index (χ0v) is 17.0. The molecular formula is C16H28N4O8S. The number of carboxylic acids is 2. The lowest BCUT2D eigenvalue weighted by Gasteiger charge is -2.24. The smallest absolute Gasteiger partial charge is 0.326 e. The third-order valence-corrected chi connectivity index (χ3v) is 4.23. The Hall–Kier alpha value is -2.38. The van der Waals surface area contributed by atoms with Crippen molar-refractivity contribution in [3.8, 4) is 0 Å². The minimum absolute atomic E-state index is 0.143. The van der Waals surface area contributed by atoms with Gasteiger partial charge in [0.15, 0.2) is 0 Å². The van der Waals surface area contributed by atoms with Crippen molar-refractivity contribution in [3.05, 3.63) is 0 Å². The molecule has 0 fully saturated rings. The van der Waals surface area contributed by atoms with Gasteiger partial charge in [-0.05, 0) is 12.3 Å². The number of amides is 3. The number of aliphatic hydroxyl groups is 1. The Balaban J connectivity index is 4.95. The molecule has 0 spiro atoms. The number of nitrogens with one attached hydrogen (secondary N) is 3. The number of carbonyl (C=O) groups excluding carboxylic acids is 3. The van der Waals surface area contributed by atoms with Gasteiger partial charge in [0.2, 0.25) is 17.7 Å². The minimum atomic E-state index is -1.46. The Bertz CT molecular complexity index is 616. The quantitative estimate of drug-likeness (QED) is 0.141. The lowest BCUT2D eigenvalue weighted by Crippen LogP contribution is -2.59. The van der Waals surface area contributed by atoms with E-state index in [1.165, 1.54) is 0 Å². The number of carbonyl (C=O) groups is 5. The van der Waals surface area contributed by atoms with Crippen molar-refractivity contribution in [1.29, 1.82) is 0 Å². The van der Waals surface area contributed by atoms with E-state index in [0.29, 0.717) is 0 Å². The lowest BCUT2D eigenvalue weighted by atomic mass is 10.0. The number of carboxylic acid groups (broad SMARTS) is 2. The average molecular weight is 436 g/mol. The van der Waals surface area contributed by atoms with Gasteiger partial charge in [-0.3, -0.25) is 19.2 Å². The van der Waals surface area contributed by atoms with E-state index in [9.17, 15) is 29.1 Å². The van der Waals surface area contributed by atoms with Gasteiger partial charge in [0, 0.05) is 12.2 Å². The van der Waals surface area contributed by atoms with Crippen LogP contribution in [-0.2, 0) is 24.0 Å². The molecule has 8 N–H and O–H groups in total. The van der Waals surface area contributed by atoms with E-state index < -0.39 is 66.4 Å². The van der Waals surface area contributed by atoms with E-state index in [1.54, 1.807) is 13.8 Å². The second-order valence-corrected chi connectivity index (χ2v) is 6.96. The maximum atomic E-state index is 12.3. The maximum absolute atomic E-state index is 12.3. The first-order valence-electron chi connectivity index (χ1n) is 8.77. The molecule has 0 bridgehead atoms. The van der Waals surface area contributed by atoms with Crippen LogP contribution in [0.2, 0.25) is 0 Å². The molecule has 0 saturated heterocycles. The molecule has 0 aliphatic carbocycles. The summed E-state index contributed by atoms with van der Waals surface area (Å²) in [6.07, 6.45) is -0.477. The number of hydrogen-bond acceptors (Lipinski definition) is 8. The van der Waals surface area contributed by atoms with Crippen LogP contribution in [0.5, 0.6) is 0 Å². The van der Waals surface area contributed by atoms with Crippen LogP contribution in [0.25, 0.3) is 0 Å². The van der Waals surface area contributed by atoms with E-state index in [1.807, 2.05) is 0 Å². The van der Waals surface area contributed by atoms with Gasteiger partial charge < -0.3 is 37.0 Å². The summed E-state index contributed by atoms with van der Waals surface area (Å²) in [5.41, 5.74) is 5.56. The number of thiol groups is 1. The third-order valence-electron chi connectivity index (χ3n) is 3.87. The van der Waals surface area contributed by atoms with Crippen molar-refractivity contribution in [2.75, 3.05) is 12.4 Å². The predicted octanol–water partition coefficient (Wildman–Crippen LogP) is -2.70. The van der Waals surface area contributed by atoms with Crippen molar-refractivity contribution in [1.82, 2.24) is 16.0 Å². The van der Waals surface area contributed by atoms with Crippen molar-refractivity contribution in [2.24, 2.45) is 11.7 Å². The fourth-order valence-corrected chi connectivity index (χ4v) is 2.37. The minimum Gasteiger partial charge on any atom is -0.481 e. The number of aliphatic carboxylic acids is 2. The average Bonchev–Trinajstić information content (AvgIpc) is 2.64. The first-order chi connectivity index (χ1) is 13.4. The topological polar surface area (TPSA) is 208 Å². The van der Waals surface area contributed by atoms with E-state index in [4.69, 9.17) is 15.9 Å². The van der Waals surface area contributed by atoms with E-state index >= 15 is 0 Å². The summed E-state index contributed by atoms with van der Waals surface area (Å²) in [6, 6.07) is -5.06. The third kappa shape index (κ3) is 9.58. The predicted molar refractivity (Wildman–Crippen MR) is 104 cm³/mol. The van der Waals surface area contributed by atoms with Gasteiger partial charge in [-0.25, -0.2) is 4.79 Å². The number of aliphatic hydroxyl groups excluding tert-OH is 1. The molecule has 13 heteroatoms. The Labute approximate surface area is 173 Å². The number of hydrogen-bond donors (Lipinski definition) is 8. The van der Waals surface area contributed by atoms with Gasteiger partial charge in [-0.1, -0.05) is 13.8 Å². The van der Waals surface area contributed by atoms with Gasteiger partial charge in [-0.15, -0.1) is 0 Å². The van der Waals surface area contributed by atoms with E-state index in [-0.39, 0.29) is 18.6 Å². The zero-order chi connectivity index (χ0) is 22.7. The summed E-state index contributed by atoms with van der Waals surface area (Å²) in [4.78, 5) is 58.2. The van der Waals surface area contributed by atoms with Crippen LogP contribution in [-0.4, -0.2) is 81.5 Å². The summed E-state index contributed by atoms with van der Waals surface area (Å²) >= 11 is 3.94. The molecule has 0 aliphatic rings. The highest BCUT2D eigenvalue weighted by Gasteiger charge is 2.30. The Morgan fingerprint density at radius 2 is 1.45 bits per heavy atom. The molecule has 0 aromatic rings. The summed E-state index contributed by atoms with van der Waals surface area (Å²) in [5.74, 6) is -5.57. The molecular weight excluding hydrogens is 408 g/mol. The van der Waals surface area contributed by atoms with Crippen molar-refractivity contribution in [3.63, 3.8) is 0 Å². The van der Waals surface area contributed by atoms with Crippen LogP contribution in [0, 0.1) is 5.92 Å². The van der Waals surface area contributed by atoms with Crippen LogP contribution in [0.1, 0.15) is 26.7 Å². The standard InChI is InChI=1S/C16H28N4O8S/c1-7(2)12(16(27)28)20-14(25)9(5-21)18-15(26)10(6-29)19-13(24)8(17)3-4-11(22)23/h7-10,12,21,29H,3-6,17H2,1-2H3,(H,18,26)(H,19,24)(H,20,25)(H,22,23)(H,27,28). The molecule has 0 aromatic heterocycles. The molecule has 0 rings (SSSR count). The van der Waals surface area contributed by atoms with E-state index in [2.05, 4.69) is 28.6 Å². The Morgan fingerprint density at radius 1 is 0.931 bits per heavy atom. The summed E-state index contributed by atoms with van der Waals surface area (Å²) in [5, 5.41) is 33.8. The largest absolute Gasteiger partial charge is 0.481 e. The van der Waals surface area contributed by atoms with Crippen molar-refractivity contribution in [2.45, 2.75) is 50.9 Å². The highest BCUT2D eigenvalue weighted by Crippen LogP contribution is 2.03. The molecule has 4 atom stereocenters. The van der Waals surface area contributed by atoms with Gasteiger partial charge in [0.1, 0.15) is 18.1 Å². The molecule has 0 heterocycles. The highest BCUT2D eigenvalue weighted by molar-refractivity contribution is 7.80. The van der Waals surface area contributed by atoms with Gasteiger partial charge in [0.05, 0.1) is 12.6 Å². The number of nitrogens with two attached hydrogens (primary N) is 1. The second kappa shape index (κ2) is 13.0. The molecule has 0 aliphatic heterocycles. The second-order valence-electron chi connectivity index (χ2n) is 6.59. The van der Waals surface area contributed by atoms with Gasteiger partial charge in [0.25, 0.3) is 0 Å². The molecule has 3 amide bonds. The maximum Gasteiger partial charge on any atom is 0.326 e. The molecule has 4 unspecified atom stereocenters. The molecule has 29 heavy (non-hydrogen) atoms. The molecule has 0 aromatic carbocycles. The van der Waals surface area contributed by atoms with Gasteiger partial charge in [-0.2, -0.15) is 12.6 Å². The summed E-state index contributed by atoms with van der Waals surface area (Å²) in [6.45, 7) is 2.34. The highest BCUT2D eigenvalue weighted by atomic mass is 32.1. The van der Waals surface area contributed by atoms with Crippen LogP contribution >= 0.6 is 12.6 Å². The normalized spacial score (nSPS) is 15.0. The fraction of sp³-hybridized carbons (Fsp3) is 0.688. The summed E-state index contributed by atoms with van der Waals surface area (Å²) < 4.78 is 0. The Morgan fingerprint density at radius 3 is 1.86 bits per heavy atom. The lowest BCUT2D eigenvalue weighted by molar-refractivity contribution is -0.144. The Kier molecular flexibility index (Phi) is 11.9. The fourth-order valence-electron chi connectivity index (χ4n) is 2.12. The SMILES string of the molecule is CC(C)C(NC(=O)C(CO)NC(=O)C(CS)NC(=O)C(N)CCC(=O)O)C(=O)O. The van der Waals surface area contributed by atoms with Crippen LogP contribution < -0.4 is 21.7 Å². The molecule has 0 saturated carbocycles. The van der Waals surface area contributed by atoms with Gasteiger partial charge >= 0.3 is 11.9 Å². The van der Waals surface area contributed by atoms with Crippen LogP contribution in [0.15, 0.2) is 0 Å². The monoisotopic (exact) mass is 436 g/mol. The van der Waals surface area contributed by atoms with E-state index in [0.717, 1.165) is 0 Å². The van der Waals surface area contributed by atoms with Crippen molar-refractivity contribution >= 4 is 42.3 Å². The molecule has 166 valence electrons. The summed E-state index contributed by atoms with van der Waals surface area (Å²) in [7, 11) is 0. The van der Waals surface area contributed by atoms with Crippen LogP contribution in [0.4, 0.5) is 0 Å². The molecule has 0 radical (unpaired) electrons. The molecule has 12 nitrogen and oxygen atoms in total. The first kappa shape index (κ1) is 26.6.